The third-order valence-corrected chi connectivity index (χ3v) is 6.07. The van der Waals surface area contributed by atoms with Gasteiger partial charge < -0.3 is 5.32 Å². The van der Waals surface area contributed by atoms with Gasteiger partial charge in [-0.05, 0) is 42.0 Å². The maximum absolute atomic E-state index is 12.9. The number of benzene rings is 2. The molecule has 5 nitrogen and oxygen atoms in total. The van der Waals surface area contributed by atoms with Gasteiger partial charge in [0.25, 0.3) is 0 Å². The van der Waals surface area contributed by atoms with E-state index in [1.165, 1.54) is 4.90 Å². The standard InChI is InChI=1S/C23H20N2O3/c26-19(11-14-5-2-1-3-6-14)24-17-7-4-8-18(13-17)25-22(27)20-15-9-10-16(12-15)21(20)23(25)28/h1-10,13,15-16,20-21H,11-12H2,(H,24,26)/t15-,16-,20-,21-/m0/s1. The first-order chi connectivity index (χ1) is 13.6. The number of nitrogens with zero attached hydrogens (tertiary/aromatic N) is 1. The highest BCUT2D eigenvalue weighted by Gasteiger charge is 2.59. The minimum absolute atomic E-state index is 0.111. The minimum Gasteiger partial charge on any atom is -0.326 e. The molecule has 0 aromatic heterocycles. The Balaban J connectivity index is 1.34. The molecule has 2 aliphatic carbocycles. The summed E-state index contributed by atoms with van der Waals surface area (Å²) in [7, 11) is 0. The lowest BCUT2D eigenvalue weighted by atomic mass is 9.85. The van der Waals surface area contributed by atoms with Gasteiger partial charge in [-0.15, -0.1) is 0 Å². The van der Waals surface area contributed by atoms with Crippen molar-refractivity contribution in [2.75, 3.05) is 10.2 Å². The van der Waals surface area contributed by atoms with Crippen molar-refractivity contribution >= 4 is 29.1 Å². The SMILES string of the molecule is O=C(Cc1ccccc1)Nc1cccc(N2C(=O)[C@@H]3[C@@H](C2=O)[C@H]2C=C[C@H]3C2)c1. The van der Waals surface area contributed by atoms with E-state index in [0.717, 1.165) is 12.0 Å². The van der Waals surface area contributed by atoms with E-state index in [9.17, 15) is 14.4 Å². The molecule has 28 heavy (non-hydrogen) atoms. The van der Waals surface area contributed by atoms with E-state index in [2.05, 4.69) is 17.5 Å². The fraction of sp³-hybridized carbons (Fsp3) is 0.261. The van der Waals surface area contributed by atoms with Crippen LogP contribution in [0.4, 0.5) is 11.4 Å². The van der Waals surface area contributed by atoms with Crippen LogP contribution in [0.2, 0.25) is 0 Å². The molecule has 0 radical (unpaired) electrons. The summed E-state index contributed by atoms with van der Waals surface area (Å²) >= 11 is 0. The van der Waals surface area contributed by atoms with Crippen LogP contribution in [0.5, 0.6) is 0 Å². The van der Waals surface area contributed by atoms with Crippen LogP contribution in [0.15, 0.2) is 66.7 Å². The van der Waals surface area contributed by atoms with Gasteiger partial charge in [0.15, 0.2) is 0 Å². The number of carbonyl (C=O) groups is 3. The van der Waals surface area contributed by atoms with Crippen molar-refractivity contribution in [1.82, 2.24) is 0 Å². The Morgan fingerprint density at radius 1 is 0.929 bits per heavy atom. The van der Waals surface area contributed by atoms with Gasteiger partial charge >= 0.3 is 0 Å². The zero-order valence-electron chi connectivity index (χ0n) is 15.2. The van der Waals surface area contributed by atoms with Crippen molar-refractivity contribution in [2.24, 2.45) is 23.7 Å². The third kappa shape index (κ3) is 2.66. The number of fused-ring (bicyclic) bond motifs is 5. The molecule has 1 saturated heterocycles. The molecule has 1 N–H and O–H groups in total. The Morgan fingerprint density at radius 2 is 1.61 bits per heavy atom. The van der Waals surface area contributed by atoms with Gasteiger partial charge in [-0.2, -0.15) is 0 Å². The molecular formula is C23H20N2O3. The van der Waals surface area contributed by atoms with Crippen molar-refractivity contribution in [3.8, 4) is 0 Å². The zero-order valence-corrected chi connectivity index (χ0v) is 15.2. The molecule has 2 bridgehead atoms. The van der Waals surface area contributed by atoms with Crippen LogP contribution in [0.25, 0.3) is 0 Å². The number of hydrogen-bond donors (Lipinski definition) is 1. The van der Waals surface area contributed by atoms with Crippen LogP contribution in [0, 0.1) is 23.7 Å². The fourth-order valence-electron chi connectivity index (χ4n) is 4.87. The number of nitrogens with one attached hydrogen (secondary N) is 1. The van der Waals surface area contributed by atoms with Crippen LogP contribution in [-0.2, 0) is 20.8 Å². The molecule has 0 spiro atoms. The monoisotopic (exact) mass is 372 g/mol. The molecule has 140 valence electrons. The number of anilines is 2. The molecule has 5 heteroatoms. The molecule has 0 unspecified atom stereocenters. The molecular weight excluding hydrogens is 352 g/mol. The Kier molecular flexibility index (Phi) is 3.90. The number of carbonyl (C=O) groups excluding carboxylic acids is 3. The molecule has 3 amide bonds. The van der Waals surface area contributed by atoms with Gasteiger partial charge in [-0.1, -0.05) is 48.6 Å². The van der Waals surface area contributed by atoms with E-state index in [0.29, 0.717) is 11.4 Å². The number of amides is 3. The van der Waals surface area contributed by atoms with Crippen LogP contribution >= 0.6 is 0 Å². The van der Waals surface area contributed by atoms with Crippen LogP contribution in [0.1, 0.15) is 12.0 Å². The van der Waals surface area contributed by atoms with E-state index in [1.54, 1.807) is 24.3 Å². The van der Waals surface area contributed by atoms with E-state index in [4.69, 9.17) is 0 Å². The minimum atomic E-state index is -0.223. The van der Waals surface area contributed by atoms with Crippen LogP contribution < -0.4 is 10.2 Å². The highest BCUT2D eigenvalue weighted by Crippen LogP contribution is 2.53. The van der Waals surface area contributed by atoms with Gasteiger partial charge in [0.1, 0.15) is 0 Å². The molecule has 5 rings (SSSR count). The first-order valence-electron chi connectivity index (χ1n) is 9.62. The molecule has 4 atom stereocenters. The third-order valence-electron chi connectivity index (χ3n) is 6.07. The van der Waals surface area contributed by atoms with Gasteiger partial charge in [0.05, 0.1) is 23.9 Å². The second-order valence-corrected chi connectivity index (χ2v) is 7.77. The lowest BCUT2D eigenvalue weighted by Crippen LogP contribution is -2.32. The predicted molar refractivity (Wildman–Crippen MR) is 105 cm³/mol. The Labute approximate surface area is 163 Å². The average molecular weight is 372 g/mol. The van der Waals surface area contributed by atoms with Crippen molar-refractivity contribution < 1.29 is 14.4 Å². The topological polar surface area (TPSA) is 66.5 Å². The largest absolute Gasteiger partial charge is 0.326 e. The zero-order chi connectivity index (χ0) is 19.3. The first-order valence-corrected chi connectivity index (χ1v) is 9.62. The molecule has 1 saturated carbocycles. The number of hydrogen-bond acceptors (Lipinski definition) is 3. The van der Waals surface area contributed by atoms with E-state index in [-0.39, 0.29) is 47.8 Å². The van der Waals surface area contributed by atoms with Crippen molar-refractivity contribution in [1.29, 1.82) is 0 Å². The maximum Gasteiger partial charge on any atom is 0.238 e. The van der Waals surface area contributed by atoms with E-state index >= 15 is 0 Å². The summed E-state index contributed by atoms with van der Waals surface area (Å²) in [5.74, 6) is -0.436. The molecule has 3 aliphatic rings. The number of allylic oxidation sites excluding steroid dienone is 2. The van der Waals surface area contributed by atoms with Gasteiger partial charge in [0.2, 0.25) is 17.7 Å². The van der Waals surface area contributed by atoms with Gasteiger partial charge in [-0.25, -0.2) is 4.90 Å². The molecule has 2 aromatic carbocycles. The lowest BCUT2D eigenvalue weighted by Gasteiger charge is -2.18. The smallest absolute Gasteiger partial charge is 0.238 e. The summed E-state index contributed by atoms with van der Waals surface area (Å²) < 4.78 is 0. The summed E-state index contributed by atoms with van der Waals surface area (Å²) in [6, 6.07) is 16.5. The first kappa shape index (κ1) is 16.9. The quantitative estimate of drug-likeness (QED) is 0.662. The normalized spacial score (nSPS) is 27.4. The molecule has 1 aliphatic heterocycles. The summed E-state index contributed by atoms with van der Waals surface area (Å²) in [6.45, 7) is 0. The summed E-state index contributed by atoms with van der Waals surface area (Å²) in [6.07, 6.45) is 5.35. The highest BCUT2D eigenvalue weighted by atomic mass is 16.2. The molecule has 2 fully saturated rings. The second kappa shape index (κ2) is 6.44. The maximum atomic E-state index is 12.9. The van der Waals surface area contributed by atoms with E-state index in [1.807, 2.05) is 30.3 Å². The second-order valence-electron chi connectivity index (χ2n) is 7.77. The Bertz CT molecular complexity index is 968. The van der Waals surface area contributed by atoms with Crippen molar-refractivity contribution in [2.45, 2.75) is 12.8 Å². The van der Waals surface area contributed by atoms with Gasteiger partial charge in [-0.3, -0.25) is 14.4 Å². The molecule has 1 heterocycles. The number of rotatable bonds is 4. The fourth-order valence-corrected chi connectivity index (χ4v) is 4.87. The van der Waals surface area contributed by atoms with Crippen molar-refractivity contribution in [3.63, 3.8) is 0 Å². The molecule has 2 aromatic rings. The highest BCUT2D eigenvalue weighted by molar-refractivity contribution is 6.23. The van der Waals surface area contributed by atoms with E-state index < -0.39 is 0 Å². The van der Waals surface area contributed by atoms with Crippen LogP contribution in [-0.4, -0.2) is 17.7 Å². The summed E-state index contributed by atoms with van der Waals surface area (Å²) in [5, 5.41) is 2.86. The lowest BCUT2D eigenvalue weighted by molar-refractivity contribution is -0.123. The van der Waals surface area contributed by atoms with Crippen molar-refractivity contribution in [3.05, 3.63) is 72.3 Å². The predicted octanol–water partition coefficient (Wildman–Crippen LogP) is 3.18. The Morgan fingerprint density at radius 3 is 2.29 bits per heavy atom. The summed E-state index contributed by atoms with van der Waals surface area (Å²) in [4.78, 5) is 39.5. The van der Waals surface area contributed by atoms with Crippen LogP contribution in [0.3, 0.4) is 0 Å². The average Bonchev–Trinajstić information content (AvgIpc) is 3.36. The van der Waals surface area contributed by atoms with Gasteiger partial charge in [0, 0.05) is 5.69 Å². The summed E-state index contributed by atoms with van der Waals surface area (Å²) in [5.41, 5.74) is 2.04. The number of imide groups is 1. The Hall–Kier alpha value is -3.21.